The molecule has 3 aromatic rings. The Morgan fingerprint density at radius 2 is 1.89 bits per heavy atom. The molecule has 4 rings (SSSR count). The number of nitrogens with one attached hydrogen (secondary N) is 1. The molecular formula is C22H16F4N4O5S2. The van der Waals surface area contributed by atoms with Gasteiger partial charge in [-0.2, -0.15) is 18.3 Å². The molecule has 2 heterocycles. The molecule has 2 aromatic carbocycles. The minimum Gasteiger partial charge on any atom is -0.272 e. The predicted octanol–water partition coefficient (Wildman–Crippen LogP) is 3.35. The van der Waals surface area contributed by atoms with Gasteiger partial charge in [0.25, 0.3) is 17.1 Å². The monoisotopic (exact) mass is 556 g/mol. The largest absolute Gasteiger partial charge is 0.416 e. The maximum atomic E-state index is 13.4. The molecule has 0 radical (unpaired) electrons. The number of thioether (sulfide) groups is 1. The first-order chi connectivity index (χ1) is 17.2. The van der Waals surface area contributed by atoms with Crippen molar-refractivity contribution in [2.45, 2.75) is 12.7 Å². The number of rotatable bonds is 6. The number of carbonyl (C=O) groups excluding carboxylic acids is 3. The average Bonchev–Trinajstić information content (AvgIpc) is 3.28. The van der Waals surface area contributed by atoms with E-state index in [1.165, 1.54) is 17.0 Å². The fourth-order valence-electron chi connectivity index (χ4n) is 3.60. The van der Waals surface area contributed by atoms with E-state index < -0.39 is 51.2 Å². The minimum absolute atomic E-state index is 0.00923. The Balaban J connectivity index is 1.56. The van der Waals surface area contributed by atoms with Crippen molar-refractivity contribution >= 4 is 55.8 Å². The maximum Gasteiger partial charge on any atom is 0.416 e. The van der Waals surface area contributed by atoms with Gasteiger partial charge in [0.2, 0.25) is 10.0 Å². The van der Waals surface area contributed by atoms with Gasteiger partial charge in [-0.15, -0.1) is 0 Å². The van der Waals surface area contributed by atoms with Gasteiger partial charge < -0.3 is 0 Å². The highest BCUT2D eigenvalue weighted by molar-refractivity contribution is 8.18. The predicted molar refractivity (Wildman–Crippen MR) is 126 cm³/mol. The van der Waals surface area contributed by atoms with Crippen molar-refractivity contribution in [3.05, 3.63) is 70.0 Å². The summed E-state index contributed by atoms with van der Waals surface area (Å²) in [5.41, 5.74) is -0.332. The minimum atomic E-state index is -4.75. The third-order valence-corrected chi connectivity index (χ3v) is 6.64. The van der Waals surface area contributed by atoms with Gasteiger partial charge in [0, 0.05) is 5.39 Å². The summed E-state index contributed by atoms with van der Waals surface area (Å²) in [6, 6.07) is 7.13. The molecule has 0 atom stereocenters. The number of nitrogens with zero attached hydrogens (tertiary/aromatic N) is 3. The van der Waals surface area contributed by atoms with E-state index >= 15 is 0 Å². The van der Waals surface area contributed by atoms with Crippen molar-refractivity contribution in [3.8, 4) is 0 Å². The van der Waals surface area contributed by atoms with Crippen molar-refractivity contribution in [2.24, 2.45) is 0 Å². The van der Waals surface area contributed by atoms with Crippen LogP contribution in [0.3, 0.4) is 0 Å². The topological polar surface area (TPSA) is 118 Å². The summed E-state index contributed by atoms with van der Waals surface area (Å²) in [4.78, 5) is 37.1. The number of amides is 3. The Bertz CT molecular complexity index is 1580. The molecule has 0 saturated carbocycles. The fraction of sp³-hybridized carbons (Fsp3) is 0.182. The molecule has 0 spiro atoms. The number of imide groups is 1. The van der Waals surface area contributed by atoms with Crippen LogP contribution in [-0.2, 0) is 32.3 Å². The lowest BCUT2D eigenvalue weighted by molar-refractivity contribution is -0.138. The van der Waals surface area contributed by atoms with Crippen LogP contribution in [0.2, 0.25) is 0 Å². The zero-order valence-electron chi connectivity index (χ0n) is 18.7. The van der Waals surface area contributed by atoms with Gasteiger partial charge in [-0.3, -0.25) is 28.7 Å². The van der Waals surface area contributed by atoms with Gasteiger partial charge in [0.05, 0.1) is 35.0 Å². The number of benzene rings is 2. The van der Waals surface area contributed by atoms with Crippen LogP contribution in [0, 0.1) is 5.82 Å². The molecule has 15 heteroatoms. The van der Waals surface area contributed by atoms with Gasteiger partial charge >= 0.3 is 6.18 Å². The Kier molecular flexibility index (Phi) is 6.85. The molecule has 1 aliphatic heterocycles. The summed E-state index contributed by atoms with van der Waals surface area (Å²) in [5, 5.41) is 3.89. The summed E-state index contributed by atoms with van der Waals surface area (Å²) in [5.74, 6) is -2.84. The quantitative estimate of drug-likeness (QED) is 0.365. The number of carbonyl (C=O) groups is 3. The van der Waals surface area contributed by atoms with Crippen LogP contribution in [0.25, 0.3) is 17.0 Å². The highest BCUT2D eigenvalue weighted by Gasteiger charge is 2.37. The number of sulfonamides is 1. The van der Waals surface area contributed by atoms with E-state index in [0.717, 1.165) is 18.4 Å². The Morgan fingerprint density at radius 3 is 2.57 bits per heavy atom. The van der Waals surface area contributed by atoms with Crippen molar-refractivity contribution in [2.75, 3.05) is 12.8 Å². The molecule has 0 unspecified atom stereocenters. The molecule has 1 saturated heterocycles. The molecule has 1 aliphatic rings. The molecule has 194 valence electrons. The third-order valence-electron chi connectivity index (χ3n) is 5.14. The highest BCUT2D eigenvalue weighted by Crippen LogP contribution is 2.34. The smallest absolute Gasteiger partial charge is 0.272 e. The van der Waals surface area contributed by atoms with E-state index in [0.29, 0.717) is 39.2 Å². The van der Waals surface area contributed by atoms with Crippen LogP contribution < -0.4 is 4.72 Å². The summed E-state index contributed by atoms with van der Waals surface area (Å²) in [6.07, 6.45) is -1.20. The summed E-state index contributed by atoms with van der Waals surface area (Å²) < 4.78 is 78.7. The van der Waals surface area contributed by atoms with Crippen LogP contribution in [0.15, 0.2) is 47.5 Å². The molecule has 1 N–H and O–H groups in total. The van der Waals surface area contributed by atoms with Crippen molar-refractivity contribution in [1.82, 2.24) is 19.4 Å². The lowest BCUT2D eigenvalue weighted by Gasteiger charge is -2.13. The normalized spacial score (nSPS) is 15.7. The maximum absolute atomic E-state index is 13.4. The molecule has 3 amide bonds. The second-order valence-corrected chi connectivity index (χ2v) is 10.7. The van der Waals surface area contributed by atoms with Gasteiger partial charge in [-0.1, -0.05) is 12.1 Å². The van der Waals surface area contributed by atoms with Gasteiger partial charge in [-0.25, -0.2) is 12.8 Å². The number of hydrogen-bond donors (Lipinski definition) is 1. The van der Waals surface area contributed by atoms with Crippen molar-refractivity contribution in [3.63, 3.8) is 0 Å². The molecule has 37 heavy (non-hydrogen) atoms. The SMILES string of the molecule is CS(=O)(=O)NC(=O)CN1C(=O)SC(=Cc2ccc3c(cnn3Cc3ccc(F)cc3C(F)(F)F)c2)C1=O. The summed E-state index contributed by atoms with van der Waals surface area (Å²) in [6.45, 7) is -1.05. The van der Waals surface area contributed by atoms with Crippen LogP contribution in [-0.4, -0.2) is 53.0 Å². The standard InChI is InChI=1S/C22H16F4N4O5S2/c1-37(34,35)28-19(31)11-29-20(32)18(36-21(29)33)7-12-2-5-17-14(6-12)9-27-30(17)10-13-3-4-15(23)8-16(13)22(24,25)26/h2-9H,10-11H2,1H3,(H,28,31). The zero-order chi connectivity index (χ0) is 27.1. The molecule has 0 aliphatic carbocycles. The second-order valence-electron chi connectivity index (χ2n) is 7.98. The first-order valence-electron chi connectivity index (χ1n) is 10.3. The van der Waals surface area contributed by atoms with Crippen molar-refractivity contribution < 1.29 is 40.4 Å². The lowest BCUT2D eigenvalue weighted by Crippen LogP contribution is -2.41. The highest BCUT2D eigenvalue weighted by atomic mass is 32.2. The Hall–Kier alpha value is -3.72. The summed E-state index contributed by atoms with van der Waals surface area (Å²) >= 11 is 0.565. The van der Waals surface area contributed by atoms with E-state index in [1.54, 1.807) is 22.9 Å². The molecule has 1 fully saturated rings. The van der Waals surface area contributed by atoms with E-state index in [-0.39, 0.29) is 17.0 Å². The Morgan fingerprint density at radius 1 is 1.16 bits per heavy atom. The second kappa shape index (κ2) is 9.63. The van der Waals surface area contributed by atoms with E-state index in [9.17, 15) is 40.4 Å². The fourth-order valence-corrected chi connectivity index (χ4v) is 4.92. The zero-order valence-corrected chi connectivity index (χ0v) is 20.4. The number of aromatic nitrogens is 2. The van der Waals surface area contributed by atoms with Crippen LogP contribution in [0.4, 0.5) is 22.4 Å². The lowest BCUT2D eigenvalue weighted by atomic mass is 10.1. The van der Waals surface area contributed by atoms with Crippen LogP contribution >= 0.6 is 11.8 Å². The Labute approximate surface area is 211 Å². The number of halogens is 4. The van der Waals surface area contributed by atoms with Gasteiger partial charge in [0.1, 0.15) is 12.4 Å². The van der Waals surface area contributed by atoms with Crippen LogP contribution in [0.1, 0.15) is 16.7 Å². The number of alkyl halides is 3. The first-order valence-corrected chi connectivity index (χ1v) is 13.0. The number of hydrogen-bond acceptors (Lipinski definition) is 7. The first kappa shape index (κ1) is 26.3. The van der Waals surface area contributed by atoms with Gasteiger partial charge in [-0.05, 0) is 53.2 Å². The van der Waals surface area contributed by atoms with Crippen molar-refractivity contribution in [1.29, 1.82) is 0 Å². The number of fused-ring (bicyclic) bond motifs is 1. The van der Waals surface area contributed by atoms with Crippen LogP contribution in [0.5, 0.6) is 0 Å². The third kappa shape index (κ3) is 5.99. The van der Waals surface area contributed by atoms with E-state index in [1.807, 2.05) is 0 Å². The summed E-state index contributed by atoms with van der Waals surface area (Å²) in [7, 11) is -3.86. The molecule has 0 bridgehead atoms. The molecule has 1 aromatic heterocycles. The van der Waals surface area contributed by atoms with E-state index in [4.69, 9.17) is 0 Å². The average molecular weight is 557 g/mol. The molecule has 9 nitrogen and oxygen atoms in total. The molecular weight excluding hydrogens is 540 g/mol. The van der Waals surface area contributed by atoms with Gasteiger partial charge in [0.15, 0.2) is 0 Å². The van der Waals surface area contributed by atoms with E-state index in [2.05, 4.69) is 5.10 Å².